The monoisotopic (exact) mass is 334 g/mol. The molecule has 4 heteroatoms. The van der Waals surface area contributed by atoms with Crippen LogP contribution in [0.1, 0.15) is 49.7 Å². The SMILES string of the molecule is Cl.NCC1CCCCC1NC(=O)C1CC12CCc1ccccc12. The summed E-state index contributed by atoms with van der Waals surface area (Å²) in [4.78, 5) is 12.8. The Bertz CT molecular complexity index is 590. The molecule has 0 saturated heterocycles. The topological polar surface area (TPSA) is 55.1 Å². The third-order valence-electron chi connectivity index (χ3n) is 6.33. The maximum absolute atomic E-state index is 12.8. The summed E-state index contributed by atoms with van der Waals surface area (Å²) >= 11 is 0. The van der Waals surface area contributed by atoms with Gasteiger partial charge in [-0.25, -0.2) is 0 Å². The molecule has 1 aromatic carbocycles. The van der Waals surface area contributed by atoms with E-state index in [4.69, 9.17) is 5.73 Å². The van der Waals surface area contributed by atoms with Crippen molar-refractivity contribution >= 4 is 18.3 Å². The second kappa shape index (κ2) is 6.45. The number of halogens is 1. The van der Waals surface area contributed by atoms with Gasteiger partial charge in [0.15, 0.2) is 0 Å². The van der Waals surface area contributed by atoms with Crippen molar-refractivity contribution in [1.82, 2.24) is 5.32 Å². The Morgan fingerprint density at radius 1 is 1.26 bits per heavy atom. The lowest BCUT2D eigenvalue weighted by atomic mass is 9.84. The third-order valence-corrected chi connectivity index (χ3v) is 6.33. The van der Waals surface area contributed by atoms with Crippen molar-refractivity contribution in [3.8, 4) is 0 Å². The first-order valence-electron chi connectivity index (χ1n) is 8.83. The maximum Gasteiger partial charge on any atom is 0.224 e. The van der Waals surface area contributed by atoms with E-state index in [0.29, 0.717) is 18.5 Å². The first-order valence-corrected chi connectivity index (χ1v) is 8.83. The molecule has 0 heterocycles. The van der Waals surface area contributed by atoms with E-state index >= 15 is 0 Å². The van der Waals surface area contributed by atoms with Crippen molar-refractivity contribution in [2.24, 2.45) is 17.6 Å². The second-order valence-corrected chi connectivity index (χ2v) is 7.47. The van der Waals surface area contributed by atoms with Gasteiger partial charge < -0.3 is 11.1 Å². The molecule has 0 aliphatic heterocycles. The highest BCUT2D eigenvalue weighted by atomic mass is 35.5. The largest absolute Gasteiger partial charge is 0.353 e. The zero-order valence-electron chi connectivity index (χ0n) is 13.6. The van der Waals surface area contributed by atoms with Gasteiger partial charge in [0.25, 0.3) is 0 Å². The molecule has 4 rings (SSSR count). The van der Waals surface area contributed by atoms with E-state index in [1.807, 2.05) is 0 Å². The number of hydrogen-bond donors (Lipinski definition) is 2. The molecule has 3 aliphatic carbocycles. The molecule has 3 N–H and O–H groups in total. The number of rotatable bonds is 3. The van der Waals surface area contributed by atoms with E-state index in [2.05, 4.69) is 29.6 Å². The Balaban J connectivity index is 0.00000156. The minimum Gasteiger partial charge on any atom is -0.353 e. The highest BCUT2D eigenvalue weighted by molar-refractivity contribution is 5.85. The summed E-state index contributed by atoms with van der Waals surface area (Å²) in [5, 5.41) is 3.34. The number of amides is 1. The lowest BCUT2D eigenvalue weighted by Gasteiger charge is -2.31. The van der Waals surface area contributed by atoms with Crippen LogP contribution in [0.3, 0.4) is 0 Å². The predicted octanol–water partition coefficient (Wildman–Crippen LogP) is 2.95. The first-order chi connectivity index (χ1) is 10.7. The number of carbonyl (C=O) groups excluding carboxylic acids is 1. The number of fused-ring (bicyclic) bond motifs is 2. The molecule has 126 valence electrons. The van der Waals surface area contributed by atoms with E-state index in [1.165, 1.54) is 30.4 Å². The van der Waals surface area contributed by atoms with Gasteiger partial charge in [0.05, 0.1) is 0 Å². The summed E-state index contributed by atoms with van der Waals surface area (Å²) in [5.41, 5.74) is 8.94. The van der Waals surface area contributed by atoms with Crippen molar-refractivity contribution in [2.45, 2.75) is 56.4 Å². The average Bonchev–Trinajstić information content (AvgIpc) is 3.18. The normalized spacial score (nSPS) is 34.6. The number of aryl methyl sites for hydroxylation is 1. The number of hydrogen-bond acceptors (Lipinski definition) is 2. The minimum atomic E-state index is 0. The van der Waals surface area contributed by atoms with Gasteiger partial charge in [-0.05, 0) is 55.7 Å². The summed E-state index contributed by atoms with van der Waals surface area (Å²) in [6, 6.07) is 9.00. The standard InChI is InChI=1S/C19H26N2O.ClH/c20-12-14-6-2-4-8-17(14)21-18(22)16-11-19(16)10-9-13-5-1-3-7-15(13)19;/h1,3,5,7,14,16-17H,2,4,6,8-12,20H2,(H,21,22);1H. The molecule has 0 bridgehead atoms. The zero-order valence-corrected chi connectivity index (χ0v) is 14.4. The second-order valence-electron chi connectivity index (χ2n) is 7.47. The van der Waals surface area contributed by atoms with Gasteiger partial charge in [-0.3, -0.25) is 4.79 Å². The molecule has 3 aliphatic rings. The van der Waals surface area contributed by atoms with Gasteiger partial charge >= 0.3 is 0 Å². The van der Waals surface area contributed by atoms with Gasteiger partial charge in [-0.1, -0.05) is 37.1 Å². The van der Waals surface area contributed by atoms with E-state index in [1.54, 1.807) is 0 Å². The van der Waals surface area contributed by atoms with Crippen LogP contribution in [0.5, 0.6) is 0 Å². The fourth-order valence-electron chi connectivity index (χ4n) is 4.90. The Morgan fingerprint density at radius 3 is 2.87 bits per heavy atom. The summed E-state index contributed by atoms with van der Waals surface area (Å²) in [6.07, 6.45) is 8.07. The predicted molar refractivity (Wildman–Crippen MR) is 94.7 cm³/mol. The van der Waals surface area contributed by atoms with E-state index < -0.39 is 0 Å². The molecule has 4 unspecified atom stereocenters. The molecule has 3 nitrogen and oxygen atoms in total. The van der Waals surface area contributed by atoms with Crippen LogP contribution in [0.15, 0.2) is 24.3 Å². The molecule has 0 aromatic heterocycles. The highest BCUT2D eigenvalue weighted by Crippen LogP contribution is 2.61. The van der Waals surface area contributed by atoms with Crippen LogP contribution in [-0.4, -0.2) is 18.5 Å². The first kappa shape index (κ1) is 16.8. The molecular weight excluding hydrogens is 308 g/mol. The van der Waals surface area contributed by atoms with Crippen LogP contribution in [0.4, 0.5) is 0 Å². The molecule has 2 saturated carbocycles. The van der Waals surface area contributed by atoms with Crippen LogP contribution in [0.25, 0.3) is 0 Å². The fraction of sp³-hybridized carbons (Fsp3) is 0.632. The molecule has 2 fully saturated rings. The highest BCUT2D eigenvalue weighted by Gasteiger charge is 2.61. The van der Waals surface area contributed by atoms with Crippen LogP contribution in [-0.2, 0) is 16.6 Å². The van der Waals surface area contributed by atoms with Crippen molar-refractivity contribution in [2.75, 3.05) is 6.54 Å². The molecule has 1 aromatic rings. The smallest absolute Gasteiger partial charge is 0.224 e. The van der Waals surface area contributed by atoms with Crippen molar-refractivity contribution in [3.05, 3.63) is 35.4 Å². The number of benzene rings is 1. The van der Waals surface area contributed by atoms with Crippen LogP contribution >= 0.6 is 12.4 Å². The number of carbonyl (C=O) groups is 1. The van der Waals surface area contributed by atoms with Gasteiger partial charge in [0.1, 0.15) is 0 Å². The van der Waals surface area contributed by atoms with Gasteiger partial charge in [0, 0.05) is 17.4 Å². The Hall–Kier alpha value is -1.06. The summed E-state index contributed by atoms with van der Waals surface area (Å²) in [7, 11) is 0. The van der Waals surface area contributed by atoms with Crippen LogP contribution in [0.2, 0.25) is 0 Å². The van der Waals surface area contributed by atoms with Crippen LogP contribution < -0.4 is 11.1 Å². The summed E-state index contributed by atoms with van der Waals surface area (Å²) in [5.74, 6) is 0.946. The summed E-state index contributed by atoms with van der Waals surface area (Å²) < 4.78 is 0. The van der Waals surface area contributed by atoms with E-state index in [9.17, 15) is 4.79 Å². The molecule has 23 heavy (non-hydrogen) atoms. The Morgan fingerprint density at radius 2 is 2.04 bits per heavy atom. The van der Waals surface area contributed by atoms with Gasteiger partial charge in [-0.15, -0.1) is 12.4 Å². The fourth-order valence-corrected chi connectivity index (χ4v) is 4.90. The van der Waals surface area contributed by atoms with Crippen molar-refractivity contribution in [3.63, 3.8) is 0 Å². The molecule has 1 spiro atoms. The molecule has 0 radical (unpaired) electrons. The van der Waals surface area contributed by atoms with Crippen molar-refractivity contribution < 1.29 is 4.79 Å². The van der Waals surface area contributed by atoms with Crippen molar-refractivity contribution in [1.29, 1.82) is 0 Å². The Labute approximate surface area is 144 Å². The minimum absolute atomic E-state index is 0. The summed E-state index contributed by atoms with van der Waals surface area (Å²) in [6.45, 7) is 0.698. The van der Waals surface area contributed by atoms with Crippen LogP contribution in [0, 0.1) is 11.8 Å². The number of nitrogens with one attached hydrogen (secondary N) is 1. The van der Waals surface area contributed by atoms with E-state index in [0.717, 1.165) is 25.7 Å². The Kier molecular flexibility index (Phi) is 4.70. The lowest BCUT2D eigenvalue weighted by molar-refractivity contribution is -0.124. The maximum atomic E-state index is 12.8. The molecule has 4 atom stereocenters. The van der Waals surface area contributed by atoms with E-state index in [-0.39, 0.29) is 29.6 Å². The van der Waals surface area contributed by atoms with Gasteiger partial charge in [-0.2, -0.15) is 0 Å². The quantitative estimate of drug-likeness (QED) is 0.893. The lowest BCUT2D eigenvalue weighted by Crippen LogP contribution is -2.45. The number of nitrogens with two attached hydrogens (primary N) is 1. The molecular formula is C19H27ClN2O. The molecule has 1 amide bonds. The zero-order chi connectivity index (χ0) is 15.2. The average molecular weight is 335 g/mol. The third kappa shape index (κ3) is 2.78. The van der Waals surface area contributed by atoms with Gasteiger partial charge in [0.2, 0.25) is 5.91 Å².